The number of ether oxygens (including phenoxy) is 4. The number of amides is 1. The quantitative estimate of drug-likeness (QED) is 0.746. The lowest BCUT2D eigenvalue weighted by Gasteiger charge is -2.11. The van der Waals surface area contributed by atoms with Gasteiger partial charge in [0.05, 0.1) is 28.4 Å². The third-order valence-electron chi connectivity index (χ3n) is 4.01. The molecule has 0 saturated heterocycles. The first-order valence-corrected chi connectivity index (χ1v) is 8.29. The Labute approximate surface area is 154 Å². The minimum atomic E-state index is -0.0448. The van der Waals surface area contributed by atoms with E-state index in [9.17, 15) is 4.79 Å². The smallest absolute Gasteiger partial charge is 0.220 e. The molecular weight excluding hydrogens is 334 g/mol. The summed E-state index contributed by atoms with van der Waals surface area (Å²) < 4.78 is 21.0. The van der Waals surface area contributed by atoms with Gasteiger partial charge in [-0.2, -0.15) is 0 Å². The third kappa shape index (κ3) is 5.31. The van der Waals surface area contributed by atoms with Gasteiger partial charge in [-0.05, 0) is 47.9 Å². The maximum Gasteiger partial charge on any atom is 0.220 e. The van der Waals surface area contributed by atoms with Crippen molar-refractivity contribution in [2.75, 3.05) is 28.4 Å². The first-order chi connectivity index (χ1) is 12.6. The minimum Gasteiger partial charge on any atom is -0.497 e. The highest BCUT2D eigenvalue weighted by Crippen LogP contribution is 2.25. The van der Waals surface area contributed by atoms with E-state index in [-0.39, 0.29) is 5.91 Å². The Hall–Kier alpha value is -2.89. The molecule has 6 nitrogen and oxygen atoms in total. The fourth-order valence-electron chi connectivity index (χ4n) is 2.58. The molecule has 2 rings (SSSR count). The average molecular weight is 359 g/mol. The first kappa shape index (κ1) is 19.4. The van der Waals surface area contributed by atoms with Crippen LogP contribution in [-0.2, 0) is 17.8 Å². The van der Waals surface area contributed by atoms with Crippen LogP contribution in [0.2, 0.25) is 0 Å². The molecule has 0 heterocycles. The molecule has 26 heavy (non-hydrogen) atoms. The first-order valence-electron chi connectivity index (χ1n) is 8.29. The SMILES string of the molecule is COc1cc(CNC(=O)CCc2cc(OC)ccc2OC)cc(OC)c1. The maximum atomic E-state index is 12.2. The molecule has 0 aromatic heterocycles. The fourth-order valence-corrected chi connectivity index (χ4v) is 2.58. The largest absolute Gasteiger partial charge is 0.497 e. The van der Waals surface area contributed by atoms with Gasteiger partial charge in [-0.1, -0.05) is 0 Å². The van der Waals surface area contributed by atoms with Crippen molar-refractivity contribution in [3.05, 3.63) is 47.5 Å². The van der Waals surface area contributed by atoms with E-state index >= 15 is 0 Å². The van der Waals surface area contributed by atoms with E-state index in [0.717, 1.165) is 22.6 Å². The minimum absolute atomic E-state index is 0.0448. The van der Waals surface area contributed by atoms with Crippen LogP contribution >= 0.6 is 0 Å². The van der Waals surface area contributed by atoms with Crippen molar-refractivity contribution in [1.29, 1.82) is 0 Å². The van der Waals surface area contributed by atoms with Crippen molar-refractivity contribution in [2.45, 2.75) is 19.4 Å². The molecule has 0 atom stereocenters. The van der Waals surface area contributed by atoms with Crippen molar-refractivity contribution in [2.24, 2.45) is 0 Å². The predicted molar refractivity (Wildman–Crippen MR) is 99.3 cm³/mol. The van der Waals surface area contributed by atoms with Crippen molar-refractivity contribution in [3.8, 4) is 23.0 Å². The van der Waals surface area contributed by atoms with Gasteiger partial charge in [-0.25, -0.2) is 0 Å². The Kier molecular flexibility index (Phi) is 7.14. The molecular formula is C20H25NO5. The Bertz CT molecular complexity index is 723. The molecule has 2 aromatic carbocycles. The van der Waals surface area contributed by atoms with Crippen LogP contribution in [0.15, 0.2) is 36.4 Å². The molecule has 1 N–H and O–H groups in total. The molecule has 2 aromatic rings. The van der Waals surface area contributed by atoms with E-state index in [4.69, 9.17) is 18.9 Å². The number of hydrogen-bond acceptors (Lipinski definition) is 5. The standard InChI is InChI=1S/C20H25NO5/c1-23-16-6-7-19(26-4)15(11-16)5-8-20(22)21-13-14-9-17(24-2)12-18(10-14)25-3/h6-7,9-12H,5,8,13H2,1-4H3,(H,21,22). The van der Waals surface area contributed by atoms with Gasteiger partial charge < -0.3 is 24.3 Å². The van der Waals surface area contributed by atoms with Gasteiger partial charge >= 0.3 is 0 Å². The molecule has 1 amide bonds. The second-order valence-corrected chi connectivity index (χ2v) is 5.68. The monoisotopic (exact) mass is 359 g/mol. The second kappa shape index (κ2) is 9.56. The van der Waals surface area contributed by atoms with E-state index in [1.807, 2.05) is 30.3 Å². The third-order valence-corrected chi connectivity index (χ3v) is 4.01. The summed E-state index contributed by atoms with van der Waals surface area (Å²) in [6, 6.07) is 11.1. The van der Waals surface area contributed by atoms with Crippen LogP contribution < -0.4 is 24.3 Å². The van der Waals surface area contributed by atoms with Crippen molar-refractivity contribution in [3.63, 3.8) is 0 Å². The van der Waals surface area contributed by atoms with E-state index in [2.05, 4.69) is 5.32 Å². The summed E-state index contributed by atoms with van der Waals surface area (Å²) in [4.78, 5) is 12.2. The van der Waals surface area contributed by atoms with Crippen LogP contribution in [0.4, 0.5) is 0 Å². The van der Waals surface area contributed by atoms with Crippen LogP contribution in [0.3, 0.4) is 0 Å². The average Bonchev–Trinajstić information content (AvgIpc) is 2.69. The summed E-state index contributed by atoms with van der Waals surface area (Å²) in [6.45, 7) is 0.404. The molecule has 0 fully saturated rings. The van der Waals surface area contributed by atoms with Gasteiger partial charge in [0.2, 0.25) is 5.91 Å². The van der Waals surface area contributed by atoms with Crippen LogP contribution in [0.1, 0.15) is 17.5 Å². The Morgan fingerprint density at radius 1 is 0.846 bits per heavy atom. The number of carbonyl (C=O) groups is 1. The topological polar surface area (TPSA) is 66.0 Å². The maximum absolute atomic E-state index is 12.2. The number of rotatable bonds is 9. The lowest BCUT2D eigenvalue weighted by atomic mass is 10.1. The zero-order valence-electron chi connectivity index (χ0n) is 15.6. The van der Waals surface area contributed by atoms with Crippen LogP contribution in [-0.4, -0.2) is 34.3 Å². The van der Waals surface area contributed by atoms with Crippen LogP contribution in [0, 0.1) is 0 Å². The summed E-state index contributed by atoms with van der Waals surface area (Å²) in [7, 11) is 6.42. The van der Waals surface area contributed by atoms with E-state index in [1.165, 1.54) is 0 Å². The summed E-state index contributed by atoms with van der Waals surface area (Å²) in [5.74, 6) is 2.82. The molecule has 0 radical (unpaired) electrons. The lowest BCUT2D eigenvalue weighted by molar-refractivity contribution is -0.121. The van der Waals surface area contributed by atoms with E-state index in [0.29, 0.717) is 30.9 Å². The zero-order valence-corrected chi connectivity index (χ0v) is 15.6. The lowest BCUT2D eigenvalue weighted by Crippen LogP contribution is -2.23. The molecule has 0 unspecified atom stereocenters. The van der Waals surface area contributed by atoms with E-state index in [1.54, 1.807) is 34.5 Å². The van der Waals surface area contributed by atoms with Gasteiger partial charge in [0.25, 0.3) is 0 Å². The van der Waals surface area contributed by atoms with Crippen LogP contribution in [0.25, 0.3) is 0 Å². The summed E-state index contributed by atoms with van der Waals surface area (Å²) in [5, 5.41) is 2.92. The van der Waals surface area contributed by atoms with Gasteiger partial charge in [-0.3, -0.25) is 4.79 Å². The van der Waals surface area contributed by atoms with Crippen molar-refractivity contribution < 1.29 is 23.7 Å². The van der Waals surface area contributed by atoms with E-state index < -0.39 is 0 Å². The van der Waals surface area contributed by atoms with Gasteiger partial charge in [0, 0.05) is 19.0 Å². The van der Waals surface area contributed by atoms with Crippen molar-refractivity contribution >= 4 is 5.91 Å². The highest BCUT2D eigenvalue weighted by molar-refractivity contribution is 5.76. The molecule has 0 saturated carbocycles. The molecule has 0 aliphatic heterocycles. The molecule has 0 bridgehead atoms. The van der Waals surface area contributed by atoms with Gasteiger partial charge in [0.1, 0.15) is 23.0 Å². The number of aryl methyl sites for hydroxylation is 1. The molecule has 0 spiro atoms. The molecule has 140 valence electrons. The predicted octanol–water partition coefficient (Wildman–Crippen LogP) is 2.97. The summed E-state index contributed by atoms with van der Waals surface area (Å²) >= 11 is 0. The zero-order chi connectivity index (χ0) is 18.9. The number of methoxy groups -OCH3 is 4. The summed E-state index contributed by atoms with van der Waals surface area (Å²) in [6.07, 6.45) is 0.915. The Balaban J connectivity index is 1.94. The second-order valence-electron chi connectivity index (χ2n) is 5.68. The number of benzene rings is 2. The Morgan fingerprint density at radius 3 is 2.08 bits per heavy atom. The number of nitrogens with one attached hydrogen (secondary N) is 1. The molecule has 6 heteroatoms. The Morgan fingerprint density at radius 2 is 1.50 bits per heavy atom. The normalized spacial score (nSPS) is 10.2. The number of hydrogen-bond donors (Lipinski definition) is 1. The van der Waals surface area contributed by atoms with Gasteiger partial charge in [-0.15, -0.1) is 0 Å². The molecule has 0 aliphatic rings. The van der Waals surface area contributed by atoms with Crippen molar-refractivity contribution in [1.82, 2.24) is 5.32 Å². The highest BCUT2D eigenvalue weighted by atomic mass is 16.5. The van der Waals surface area contributed by atoms with Gasteiger partial charge in [0.15, 0.2) is 0 Å². The number of carbonyl (C=O) groups excluding carboxylic acids is 1. The fraction of sp³-hybridized carbons (Fsp3) is 0.350. The highest BCUT2D eigenvalue weighted by Gasteiger charge is 2.09. The summed E-state index contributed by atoms with van der Waals surface area (Å²) in [5.41, 5.74) is 1.85. The molecule has 0 aliphatic carbocycles. The van der Waals surface area contributed by atoms with Crippen LogP contribution in [0.5, 0.6) is 23.0 Å².